The van der Waals surface area contributed by atoms with E-state index < -0.39 is 0 Å². The van der Waals surface area contributed by atoms with Crippen LogP contribution >= 0.6 is 0 Å². The minimum atomic E-state index is 0.226. The van der Waals surface area contributed by atoms with Gasteiger partial charge in [0.25, 0.3) is 0 Å². The molecule has 2 N–H and O–H groups in total. The molecule has 0 amide bonds. The van der Waals surface area contributed by atoms with Crippen molar-refractivity contribution in [3.8, 4) is 0 Å². The molecule has 0 unspecified atom stereocenters. The fourth-order valence-electron chi connectivity index (χ4n) is 3.66. The molecule has 0 radical (unpaired) electrons. The van der Waals surface area contributed by atoms with Crippen LogP contribution in [0.25, 0.3) is 0 Å². The Morgan fingerprint density at radius 1 is 0.885 bits per heavy atom. The Kier molecular flexibility index (Phi) is 5.15. The minimum absolute atomic E-state index is 0.226. The second kappa shape index (κ2) is 8.05. The van der Waals surface area contributed by atoms with Crippen LogP contribution in [0.15, 0.2) is 89.5 Å². The van der Waals surface area contributed by atoms with Gasteiger partial charge < -0.3 is 10.6 Å². The average Bonchev–Trinajstić information content (AvgIpc) is 3.14. The Bertz CT molecular complexity index is 806. The Morgan fingerprint density at radius 3 is 2.35 bits per heavy atom. The van der Waals surface area contributed by atoms with Crippen LogP contribution in [0.4, 0.5) is 0 Å². The van der Waals surface area contributed by atoms with Crippen molar-refractivity contribution in [1.82, 2.24) is 10.6 Å². The summed E-state index contributed by atoms with van der Waals surface area (Å²) in [6.45, 7) is 0.784. The van der Waals surface area contributed by atoms with Crippen molar-refractivity contribution in [2.75, 3.05) is 6.54 Å². The summed E-state index contributed by atoms with van der Waals surface area (Å²) in [5.41, 5.74) is 4.07. The van der Waals surface area contributed by atoms with E-state index in [0.717, 1.165) is 31.8 Å². The zero-order valence-electron chi connectivity index (χ0n) is 14.9. The standard InChI is InChI=1S/C23H25N3/c1-4-10-18(11-5-1)16-17-24-23-25-21(19-12-6-2-7-13-19)22(26-23)20-14-8-3-9-15-20/h1-8,10-14,21-22H,9,15-17H2,(H2,24,25,26)/t21-,22+/m0/s1. The number of nitrogens with zero attached hydrogens (tertiary/aromatic N) is 1. The quantitative estimate of drug-likeness (QED) is 0.855. The maximum atomic E-state index is 4.79. The molecule has 0 saturated carbocycles. The molecule has 2 aromatic rings. The van der Waals surface area contributed by atoms with Crippen molar-refractivity contribution in [2.24, 2.45) is 4.99 Å². The summed E-state index contributed by atoms with van der Waals surface area (Å²) in [6, 6.07) is 21.7. The first-order valence-electron chi connectivity index (χ1n) is 9.42. The van der Waals surface area contributed by atoms with Gasteiger partial charge in [0.15, 0.2) is 5.96 Å². The number of guanidine groups is 1. The number of allylic oxidation sites excluding steroid dienone is 3. The molecule has 2 aliphatic rings. The van der Waals surface area contributed by atoms with E-state index in [-0.39, 0.29) is 12.1 Å². The number of benzene rings is 2. The van der Waals surface area contributed by atoms with Crippen molar-refractivity contribution >= 4 is 5.96 Å². The number of rotatable bonds is 5. The van der Waals surface area contributed by atoms with Gasteiger partial charge >= 0.3 is 0 Å². The molecular weight excluding hydrogens is 318 g/mol. The van der Waals surface area contributed by atoms with Crippen LogP contribution in [0.2, 0.25) is 0 Å². The van der Waals surface area contributed by atoms with E-state index in [0.29, 0.717) is 0 Å². The number of hydrogen-bond acceptors (Lipinski definition) is 1. The molecule has 0 spiro atoms. The normalized spacial score (nSPS) is 23.4. The zero-order chi connectivity index (χ0) is 17.6. The van der Waals surface area contributed by atoms with Crippen molar-refractivity contribution < 1.29 is 0 Å². The van der Waals surface area contributed by atoms with Gasteiger partial charge in [-0.15, -0.1) is 0 Å². The first-order valence-corrected chi connectivity index (χ1v) is 9.42. The molecule has 4 rings (SSSR count). The predicted octanol–water partition coefficient (Wildman–Crippen LogP) is 4.16. The van der Waals surface area contributed by atoms with Crippen LogP contribution in [-0.4, -0.2) is 18.5 Å². The van der Waals surface area contributed by atoms with Crippen molar-refractivity contribution in [1.29, 1.82) is 0 Å². The molecule has 1 heterocycles. The molecule has 1 aliphatic heterocycles. The summed E-state index contributed by atoms with van der Waals surface area (Å²) >= 11 is 0. The number of aliphatic imine (C=N–C) groups is 1. The van der Waals surface area contributed by atoms with Gasteiger partial charge in [0.05, 0.1) is 12.1 Å². The summed E-state index contributed by atoms with van der Waals surface area (Å²) in [5, 5.41) is 7.25. The van der Waals surface area contributed by atoms with Crippen LogP contribution in [0, 0.1) is 0 Å². The predicted molar refractivity (Wildman–Crippen MR) is 108 cm³/mol. The summed E-state index contributed by atoms with van der Waals surface area (Å²) in [5.74, 6) is 0.912. The highest BCUT2D eigenvalue weighted by molar-refractivity contribution is 5.84. The second-order valence-corrected chi connectivity index (χ2v) is 6.83. The summed E-state index contributed by atoms with van der Waals surface area (Å²) in [4.78, 5) is 4.79. The fraction of sp³-hybridized carbons (Fsp3) is 0.261. The monoisotopic (exact) mass is 343 g/mol. The molecular formula is C23H25N3. The average molecular weight is 343 g/mol. The van der Waals surface area contributed by atoms with E-state index in [1.54, 1.807) is 0 Å². The lowest BCUT2D eigenvalue weighted by molar-refractivity contribution is 0.570. The van der Waals surface area contributed by atoms with E-state index in [1.807, 2.05) is 0 Å². The van der Waals surface area contributed by atoms with Gasteiger partial charge in [-0.1, -0.05) is 78.9 Å². The van der Waals surface area contributed by atoms with Gasteiger partial charge in [0.1, 0.15) is 0 Å². The Labute approximate surface area is 155 Å². The number of hydrogen-bond donors (Lipinski definition) is 2. The molecule has 1 fully saturated rings. The molecule has 132 valence electrons. The minimum Gasteiger partial charge on any atom is -0.347 e. The van der Waals surface area contributed by atoms with Crippen LogP contribution < -0.4 is 10.6 Å². The smallest absolute Gasteiger partial charge is 0.192 e. The zero-order valence-corrected chi connectivity index (χ0v) is 14.9. The Hall–Kier alpha value is -2.81. The van der Waals surface area contributed by atoms with E-state index >= 15 is 0 Å². The molecule has 2 atom stereocenters. The molecule has 0 aromatic heterocycles. The van der Waals surface area contributed by atoms with E-state index in [9.17, 15) is 0 Å². The maximum Gasteiger partial charge on any atom is 0.192 e. The van der Waals surface area contributed by atoms with Gasteiger partial charge in [0.2, 0.25) is 0 Å². The molecule has 1 saturated heterocycles. The third-order valence-corrected chi connectivity index (χ3v) is 5.04. The summed E-state index contributed by atoms with van der Waals surface area (Å²) in [7, 11) is 0. The second-order valence-electron chi connectivity index (χ2n) is 6.83. The van der Waals surface area contributed by atoms with E-state index in [4.69, 9.17) is 4.99 Å². The molecule has 3 nitrogen and oxygen atoms in total. The molecule has 0 bridgehead atoms. The lowest BCUT2D eigenvalue weighted by Gasteiger charge is -2.23. The Balaban J connectivity index is 1.50. The Morgan fingerprint density at radius 2 is 1.62 bits per heavy atom. The van der Waals surface area contributed by atoms with Crippen molar-refractivity contribution in [2.45, 2.75) is 31.3 Å². The van der Waals surface area contributed by atoms with Gasteiger partial charge in [0, 0.05) is 6.54 Å². The first-order chi connectivity index (χ1) is 12.9. The highest BCUT2D eigenvalue weighted by Gasteiger charge is 2.33. The van der Waals surface area contributed by atoms with Crippen LogP contribution in [0.3, 0.4) is 0 Å². The van der Waals surface area contributed by atoms with Crippen molar-refractivity contribution in [3.05, 3.63) is 95.6 Å². The van der Waals surface area contributed by atoms with Gasteiger partial charge in [-0.2, -0.15) is 0 Å². The molecule has 3 heteroatoms. The maximum absolute atomic E-state index is 4.79. The molecule has 26 heavy (non-hydrogen) atoms. The SMILES string of the molecule is C1=CCCC([C@H]2NC(=NCCc3ccccc3)N[C@H]2c2ccccc2)=C1. The topological polar surface area (TPSA) is 36.4 Å². The van der Waals surface area contributed by atoms with E-state index in [1.165, 1.54) is 16.7 Å². The third-order valence-electron chi connectivity index (χ3n) is 5.04. The lowest BCUT2D eigenvalue weighted by Crippen LogP contribution is -2.31. The van der Waals surface area contributed by atoms with E-state index in [2.05, 4.69) is 89.5 Å². The molecule has 2 aromatic carbocycles. The van der Waals surface area contributed by atoms with Crippen LogP contribution in [0.1, 0.15) is 30.0 Å². The third kappa shape index (κ3) is 3.88. The fourth-order valence-corrected chi connectivity index (χ4v) is 3.66. The van der Waals surface area contributed by atoms with Crippen LogP contribution in [0.5, 0.6) is 0 Å². The van der Waals surface area contributed by atoms with Gasteiger partial charge in [-0.05, 0) is 36.0 Å². The molecule has 1 aliphatic carbocycles. The van der Waals surface area contributed by atoms with Gasteiger partial charge in [-0.25, -0.2) is 0 Å². The van der Waals surface area contributed by atoms with Crippen LogP contribution in [-0.2, 0) is 6.42 Å². The first kappa shape index (κ1) is 16.6. The van der Waals surface area contributed by atoms with Gasteiger partial charge in [-0.3, -0.25) is 4.99 Å². The van der Waals surface area contributed by atoms with Crippen molar-refractivity contribution in [3.63, 3.8) is 0 Å². The highest BCUT2D eigenvalue weighted by atomic mass is 15.3. The summed E-state index contributed by atoms with van der Waals surface area (Å²) in [6.07, 6.45) is 9.85. The highest BCUT2D eigenvalue weighted by Crippen LogP contribution is 2.29. The lowest BCUT2D eigenvalue weighted by atomic mass is 9.90. The summed E-state index contributed by atoms with van der Waals surface area (Å²) < 4.78 is 0. The number of nitrogens with one attached hydrogen (secondary N) is 2. The largest absolute Gasteiger partial charge is 0.347 e.